The van der Waals surface area contributed by atoms with Gasteiger partial charge in [-0.3, -0.25) is 0 Å². The lowest BCUT2D eigenvalue weighted by Gasteiger charge is -2.23. The number of ether oxygens (including phenoxy) is 1. The molecule has 0 heterocycles. The molecule has 1 aliphatic carbocycles. The SMILES string of the molecule is CC1(CNCCOCCO)CCCC1. The quantitative estimate of drug-likeness (QED) is 0.607. The van der Waals surface area contributed by atoms with E-state index in [0.717, 1.165) is 13.1 Å². The zero-order valence-corrected chi connectivity index (χ0v) is 9.22. The first-order valence-corrected chi connectivity index (χ1v) is 5.66. The van der Waals surface area contributed by atoms with Crippen molar-refractivity contribution in [3.8, 4) is 0 Å². The molecule has 0 amide bonds. The number of rotatable bonds is 7. The number of hydrogen-bond acceptors (Lipinski definition) is 3. The summed E-state index contributed by atoms with van der Waals surface area (Å²) in [6, 6.07) is 0. The summed E-state index contributed by atoms with van der Waals surface area (Å²) >= 11 is 0. The van der Waals surface area contributed by atoms with Crippen molar-refractivity contribution < 1.29 is 9.84 Å². The molecule has 0 unspecified atom stereocenters. The Morgan fingerprint density at radius 2 is 2.00 bits per heavy atom. The van der Waals surface area contributed by atoms with Crippen LogP contribution in [0.15, 0.2) is 0 Å². The van der Waals surface area contributed by atoms with Crippen LogP contribution in [0.3, 0.4) is 0 Å². The van der Waals surface area contributed by atoms with Crippen LogP contribution in [0.1, 0.15) is 32.6 Å². The van der Waals surface area contributed by atoms with E-state index >= 15 is 0 Å². The van der Waals surface area contributed by atoms with Crippen LogP contribution < -0.4 is 5.32 Å². The van der Waals surface area contributed by atoms with Crippen LogP contribution in [-0.2, 0) is 4.74 Å². The number of nitrogens with one attached hydrogen (secondary N) is 1. The summed E-state index contributed by atoms with van der Waals surface area (Å²) in [4.78, 5) is 0. The molecule has 14 heavy (non-hydrogen) atoms. The highest BCUT2D eigenvalue weighted by atomic mass is 16.5. The van der Waals surface area contributed by atoms with Gasteiger partial charge in [0.15, 0.2) is 0 Å². The molecule has 1 fully saturated rings. The minimum atomic E-state index is 0.123. The molecule has 0 aliphatic heterocycles. The number of aliphatic hydroxyl groups excluding tert-OH is 1. The van der Waals surface area contributed by atoms with Crippen molar-refractivity contribution in [2.75, 3.05) is 32.9 Å². The second-order valence-electron chi connectivity index (χ2n) is 4.53. The Hall–Kier alpha value is -0.120. The molecular formula is C11H23NO2. The molecule has 1 saturated carbocycles. The summed E-state index contributed by atoms with van der Waals surface area (Å²) in [6.45, 7) is 5.65. The largest absolute Gasteiger partial charge is 0.394 e. The van der Waals surface area contributed by atoms with Gasteiger partial charge in [-0.2, -0.15) is 0 Å². The average molecular weight is 201 g/mol. The molecule has 0 aromatic carbocycles. The lowest BCUT2D eigenvalue weighted by atomic mass is 9.89. The molecular weight excluding hydrogens is 178 g/mol. The van der Waals surface area contributed by atoms with Crippen molar-refractivity contribution in [3.63, 3.8) is 0 Å². The maximum Gasteiger partial charge on any atom is 0.0698 e. The smallest absolute Gasteiger partial charge is 0.0698 e. The van der Waals surface area contributed by atoms with Gasteiger partial charge in [0.25, 0.3) is 0 Å². The fraction of sp³-hybridized carbons (Fsp3) is 1.00. The highest BCUT2D eigenvalue weighted by Crippen LogP contribution is 2.36. The van der Waals surface area contributed by atoms with Crippen LogP contribution in [-0.4, -0.2) is 38.0 Å². The highest BCUT2D eigenvalue weighted by Gasteiger charge is 2.27. The summed E-state index contributed by atoms with van der Waals surface area (Å²) in [5.74, 6) is 0. The van der Waals surface area contributed by atoms with Gasteiger partial charge in [0.2, 0.25) is 0 Å². The fourth-order valence-electron chi connectivity index (χ4n) is 2.11. The highest BCUT2D eigenvalue weighted by molar-refractivity contribution is 4.82. The first-order valence-electron chi connectivity index (χ1n) is 5.66. The third-order valence-corrected chi connectivity index (χ3v) is 3.02. The van der Waals surface area contributed by atoms with E-state index in [1.54, 1.807) is 0 Å². The van der Waals surface area contributed by atoms with Gasteiger partial charge in [-0.15, -0.1) is 0 Å². The average Bonchev–Trinajstić information content (AvgIpc) is 2.59. The lowest BCUT2D eigenvalue weighted by molar-refractivity contribution is 0.0924. The molecule has 0 bridgehead atoms. The van der Waals surface area contributed by atoms with E-state index in [9.17, 15) is 0 Å². The molecule has 2 N–H and O–H groups in total. The van der Waals surface area contributed by atoms with Crippen LogP contribution in [0, 0.1) is 5.41 Å². The maximum atomic E-state index is 8.49. The van der Waals surface area contributed by atoms with Gasteiger partial charge in [-0.25, -0.2) is 0 Å². The summed E-state index contributed by atoms with van der Waals surface area (Å²) in [5.41, 5.74) is 0.525. The predicted molar refractivity (Wildman–Crippen MR) is 57.3 cm³/mol. The third-order valence-electron chi connectivity index (χ3n) is 3.02. The van der Waals surface area contributed by atoms with Gasteiger partial charge in [-0.05, 0) is 18.3 Å². The third kappa shape index (κ3) is 4.40. The Bertz CT molecular complexity index is 144. The van der Waals surface area contributed by atoms with Crippen LogP contribution in [0.2, 0.25) is 0 Å². The Morgan fingerprint density at radius 1 is 1.29 bits per heavy atom. The topological polar surface area (TPSA) is 41.5 Å². The van der Waals surface area contributed by atoms with Gasteiger partial charge >= 0.3 is 0 Å². The second-order valence-corrected chi connectivity index (χ2v) is 4.53. The van der Waals surface area contributed by atoms with Gasteiger partial charge < -0.3 is 15.2 Å². The molecule has 0 spiro atoms. The normalized spacial score (nSPS) is 20.1. The van der Waals surface area contributed by atoms with Crippen molar-refractivity contribution in [2.45, 2.75) is 32.6 Å². The molecule has 0 saturated heterocycles. The first-order chi connectivity index (χ1) is 6.77. The van der Waals surface area contributed by atoms with E-state index in [1.165, 1.54) is 25.7 Å². The van der Waals surface area contributed by atoms with Crippen molar-refractivity contribution in [3.05, 3.63) is 0 Å². The Morgan fingerprint density at radius 3 is 2.64 bits per heavy atom. The lowest BCUT2D eigenvalue weighted by Crippen LogP contribution is -2.31. The zero-order chi connectivity index (χ0) is 10.3. The number of hydrogen-bond donors (Lipinski definition) is 2. The monoisotopic (exact) mass is 201 g/mol. The molecule has 3 nitrogen and oxygen atoms in total. The maximum absolute atomic E-state index is 8.49. The van der Waals surface area contributed by atoms with Crippen LogP contribution in [0.4, 0.5) is 0 Å². The first kappa shape index (κ1) is 12.0. The summed E-state index contributed by atoms with van der Waals surface area (Å²) in [5, 5.41) is 11.9. The number of aliphatic hydroxyl groups is 1. The van der Waals surface area contributed by atoms with Crippen LogP contribution in [0.5, 0.6) is 0 Å². The van der Waals surface area contributed by atoms with Gasteiger partial charge in [0, 0.05) is 13.1 Å². The molecule has 84 valence electrons. The van der Waals surface area contributed by atoms with Crippen molar-refractivity contribution in [2.24, 2.45) is 5.41 Å². The van der Waals surface area contributed by atoms with Crippen molar-refractivity contribution in [1.82, 2.24) is 5.32 Å². The summed E-state index contributed by atoms with van der Waals surface area (Å²) in [7, 11) is 0. The van der Waals surface area contributed by atoms with E-state index in [4.69, 9.17) is 9.84 Å². The standard InChI is InChI=1S/C11H23NO2/c1-11(4-2-3-5-11)10-12-6-8-14-9-7-13/h12-13H,2-10H2,1H3. The van der Waals surface area contributed by atoms with E-state index in [0.29, 0.717) is 18.6 Å². The molecule has 1 rings (SSSR count). The second kappa shape index (κ2) is 6.38. The Balaban J connectivity index is 1.92. The Labute approximate surface area is 86.8 Å². The minimum Gasteiger partial charge on any atom is -0.394 e. The van der Waals surface area contributed by atoms with Gasteiger partial charge in [-0.1, -0.05) is 19.8 Å². The molecule has 0 radical (unpaired) electrons. The molecule has 0 aromatic heterocycles. The van der Waals surface area contributed by atoms with E-state index in [-0.39, 0.29) is 6.61 Å². The van der Waals surface area contributed by atoms with E-state index in [2.05, 4.69) is 12.2 Å². The van der Waals surface area contributed by atoms with Crippen LogP contribution >= 0.6 is 0 Å². The minimum absolute atomic E-state index is 0.123. The van der Waals surface area contributed by atoms with Gasteiger partial charge in [0.05, 0.1) is 19.8 Å². The van der Waals surface area contributed by atoms with Crippen LogP contribution in [0.25, 0.3) is 0 Å². The zero-order valence-electron chi connectivity index (χ0n) is 9.22. The van der Waals surface area contributed by atoms with Gasteiger partial charge in [0.1, 0.15) is 0 Å². The van der Waals surface area contributed by atoms with E-state index in [1.807, 2.05) is 0 Å². The molecule has 0 atom stereocenters. The molecule has 1 aliphatic rings. The van der Waals surface area contributed by atoms with Crippen molar-refractivity contribution in [1.29, 1.82) is 0 Å². The summed E-state index contributed by atoms with van der Waals surface area (Å²) in [6.07, 6.45) is 5.49. The summed E-state index contributed by atoms with van der Waals surface area (Å²) < 4.78 is 5.17. The molecule has 0 aromatic rings. The predicted octanol–water partition coefficient (Wildman–Crippen LogP) is 1.17. The molecule has 3 heteroatoms. The Kier molecular flexibility index (Phi) is 5.45. The van der Waals surface area contributed by atoms with E-state index < -0.39 is 0 Å². The van der Waals surface area contributed by atoms with Crippen molar-refractivity contribution >= 4 is 0 Å². The fourth-order valence-corrected chi connectivity index (χ4v) is 2.11.